The summed E-state index contributed by atoms with van der Waals surface area (Å²) in [6, 6.07) is 11.5. The van der Waals surface area contributed by atoms with E-state index in [2.05, 4.69) is 40.0 Å². The van der Waals surface area contributed by atoms with Crippen molar-refractivity contribution in [1.82, 2.24) is 9.97 Å². The van der Waals surface area contributed by atoms with Gasteiger partial charge in [0, 0.05) is 29.2 Å². The van der Waals surface area contributed by atoms with Crippen molar-refractivity contribution < 1.29 is 5.79 Å². The van der Waals surface area contributed by atoms with Crippen LogP contribution in [0.4, 0.5) is 17.3 Å². The maximum atomic E-state index is 8.52. The van der Waals surface area contributed by atoms with Crippen LogP contribution in [0.15, 0.2) is 53.2 Å². The van der Waals surface area contributed by atoms with Crippen molar-refractivity contribution in [2.24, 2.45) is 0 Å². The van der Waals surface area contributed by atoms with Crippen molar-refractivity contribution >= 4 is 39.3 Å². The van der Waals surface area contributed by atoms with Gasteiger partial charge in [-0.25, -0.2) is 9.97 Å². The number of nitrogens with zero attached hydrogens (tertiary/aromatic N) is 4. The molecule has 0 unspecified atom stereocenters. The Morgan fingerprint density at radius 3 is 2.62 bits per heavy atom. The van der Waals surface area contributed by atoms with Crippen molar-refractivity contribution in [3.8, 4) is 0 Å². The number of para-hydroxylation sites is 1. The van der Waals surface area contributed by atoms with E-state index in [1.54, 1.807) is 12.4 Å². The van der Waals surface area contributed by atoms with E-state index in [1.807, 2.05) is 36.9 Å². The number of hydrogen-bond acceptors (Lipinski definition) is 5. The van der Waals surface area contributed by atoms with Crippen molar-refractivity contribution in [2.45, 2.75) is 26.8 Å². The van der Waals surface area contributed by atoms with Crippen LogP contribution in [-0.4, -0.2) is 22.7 Å². The number of rotatable bonds is 2. The van der Waals surface area contributed by atoms with Crippen LogP contribution in [0.3, 0.4) is 0 Å². The molecule has 2 aromatic carbocycles. The molecule has 2 aromatic heterocycles. The van der Waals surface area contributed by atoms with Gasteiger partial charge in [0.05, 0.1) is 13.7 Å². The quantitative estimate of drug-likeness (QED) is 0.511. The molecule has 1 aliphatic heterocycles. The van der Waals surface area contributed by atoms with Crippen LogP contribution in [-0.2, 0) is 0 Å². The highest BCUT2D eigenvalue weighted by Crippen LogP contribution is 2.44. The van der Waals surface area contributed by atoms with Gasteiger partial charge in [0.25, 0.3) is 0 Å². The second kappa shape index (κ2) is 5.46. The summed E-state index contributed by atoms with van der Waals surface area (Å²) in [4.78, 5) is 13.2. The van der Waals surface area contributed by atoms with Gasteiger partial charge in [0.15, 0.2) is 17.2 Å². The number of aromatic nitrogens is 2. The van der Waals surface area contributed by atoms with E-state index in [0.717, 1.165) is 44.8 Å². The van der Waals surface area contributed by atoms with Gasteiger partial charge in [-0.1, -0.05) is 30.3 Å². The fraction of sp³-hybridized carbons (Fsp3) is 0.238. The molecule has 0 saturated heterocycles. The number of benzene rings is 2. The van der Waals surface area contributed by atoms with Crippen molar-refractivity contribution in [3.63, 3.8) is 0 Å². The summed E-state index contributed by atoms with van der Waals surface area (Å²) in [6.45, 7) is 6.31. The average Bonchev–Trinajstić information content (AvgIpc) is 3.20. The van der Waals surface area contributed by atoms with Gasteiger partial charge in [-0.15, -0.1) is 0 Å². The predicted octanol–water partition coefficient (Wildman–Crippen LogP) is 5.01. The highest BCUT2D eigenvalue weighted by molar-refractivity contribution is 6.10. The Balaban J connectivity index is 1.78. The van der Waals surface area contributed by atoms with Crippen LogP contribution >= 0.6 is 0 Å². The summed E-state index contributed by atoms with van der Waals surface area (Å²) in [5.74, 6) is 1.49. The lowest BCUT2D eigenvalue weighted by molar-refractivity contribution is 0.664. The topological polar surface area (TPSA) is 45.4 Å². The molecular weight excluding hydrogens is 324 g/mol. The van der Waals surface area contributed by atoms with Crippen LogP contribution in [0.5, 0.6) is 0 Å². The number of hydrogen-bond donors (Lipinski definition) is 0. The summed E-state index contributed by atoms with van der Waals surface area (Å²) in [7, 11) is 0. The van der Waals surface area contributed by atoms with Gasteiger partial charge in [-0.3, -0.25) is 0 Å². The van der Waals surface area contributed by atoms with Gasteiger partial charge in [0.1, 0.15) is 5.58 Å². The molecule has 130 valence electrons. The third-order valence-electron chi connectivity index (χ3n) is 4.99. The zero-order chi connectivity index (χ0) is 18.8. The summed E-state index contributed by atoms with van der Waals surface area (Å²) in [5.41, 5.74) is 3.80. The maximum Gasteiger partial charge on any atom is 0.178 e. The Morgan fingerprint density at radius 2 is 1.81 bits per heavy atom. The van der Waals surface area contributed by atoms with Gasteiger partial charge >= 0.3 is 0 Å². The molecule has 4 aromatic rings. The molecular formula is C21H20N4O. The minimum atomic E-state index is -0.810. The van der Waals surface area contributed by atoms with E-state index in [-0.39, 0.29) is 0 Å². The highest BCUT2D eigenvalue weighted by Gasteiger charge is 2.33. The zero-order valence-electron chi connectivity index (χ0n) is 16.0. The molecule has 0 spiro atoms. The SMILES string of the molecule is [2H]C(C)(C)N1CN(c2c(C)ccc3c2oc2ccccc23)c2nccnc21. The largest absolute Gasteiger partial charge is 0.454 e. The monoisotopic (exact) mass is 345 g/mol. The van der Waals surface area contributed by atoms with E-state index in [9.17, 15) is 0 Å². The first-order valence-electron chi connectivity index (χ1n) is 9.22. The molecule has 0 atom stereocenters. The second-order valence-electron chi connectivity index (χ2n) is 6.85. The Hall–Kier alpha value is -3.08. The van der Waals surface area contributed by atoms with Crippen LogP contribution < -0.4 is 9.80 Å². The van der Waals surface area contributed by atoms with Gasteiger partial charge in [-0.05, 0) is 32.4 Å². The van der Waals surface area contributed by atoms with Gasteiger partial charge in [0.2, 0.25) is 0 Å². The first kappa shape index (κ1) is 14.1. The lowest BCUT2D eigenvalue weighted by Gasteiger charge is -2.24. The van der Waals surface area contributed by atoms with Crippen LogP contribution in [0.25, 0.3) is 21.9 Å². The molecule has 5 heteroatoms. The number of anilines is 3. The van der Waals surface area contributed by atoms with Crippen LogP contribution in [0.2, 0.25) is 0 Å². The third-order valence-corrected chi connectivity index (χ3v) is 4.99. The first-order chi connectivity index (χ1) is 12.9. The molecule has 3 heterocycles. The summed E-state index contributed by atoms with van der Waals surface area (Å²) >= 11 is 0. The number of fused-ring (bicyclic) bond motifs is 4. The highest BCUT2D eigenvalue weighted by atomic mass is 16.3. The average molecular weight is 345 g/mol. The van der Waals surface area contributed by atoms with Gasteiger partial charge in [-0.2, -0.15) is 0 Å². The Labute approximate surface area is 153 Å². The number of furan rings is 1. The van der Waals surface area contributed by atoms with Gasteiger partial charge < -0.3 is 14.2 Å². The third kappa shape index (κ3) is 2.03. The molecule has 5 nitrogen and oxygen atoms in total. The molecule has 26 heavy (non-hydrogen) atoms. The minimum absolute atomic E-state index is 0.507. The van der Waals surface area contributed by atoms with Crippen molar-refractivity contribution in [2.75, 3.05) is 16.5 Å². The van der Waals surface area contributed by atoms with Crippen molar-refractivity contribution in [3.05, 3.63) is 54.4 Å². The predicted molar refractivity (Wildman–Crippen MR) is 105 cm³/mol. The molecule has 5 rings (SSSR count). The molecule has 0 fully saturated rings. The fourth-order valence-corrected chi connectivity index (χ4v) is 3.72. The Morgan fingerprint density at radius 1 is 1.04 bits per heavy atom. The van der Waals surface area contributed by atoms with E-state index in [1.165, 1.54) is 0 Å². The maximum absolute atomic E-state index is 8.52. The molecule has 0 aliphatic carbocycles. The van der Waals surface area contributed by atoms with Crippen LogP contribution in [0.1, 0.15) is 20.8 Å². The van der Waals surface area contributed by atoms with E-state index >= 15 is 0 Å². The van der Waals surface area contributed by atoms with E-state index in [0.29, 0.717) is 6.67 Å². The number of aryl methyl sites for hydroxylation is 1. The van der Waals surface area contributed by atoms with E-state index < -0.39 is 6.02 Å². The lowest BCUT2D eigenvalue weighted by Crippen LogP contribution is -2.34. The molecule has 0 bridgehead atoms. The standard InChI is InChI=1S/C21H20N4O/c1-13(2)24-12-25(21-20(24)22-10-11-23-21)18-14(3)8-9-16-15-6-4-5-7-17(15)26-19(16)18/h4-11,13H,12H2,1-3H3/i13D. The smallest absolute Gasteiger partial charge is 0.178 e. The zero-order valence-corrected chi connectivity index (χ0v) is 15.0. The lowest BCUT2D eigenvalue weighted by atomic mass is 10.1. The second-order valence-corrected chi connectivity index (χ2v) is 6.85. The van der Waals surface area contributed by atoms with Crippen molar-refractivity contribution in [1.29, 1.82) is 0 Å². The molecule has 0 saturated carbocycles. The Kier molecular flexibility index (Phi) is 2.97. The summed E-state index contributed by atoms with van der Waals surface area (Å²) in [5, 5.41) is 2.19. The summed E-state index contributed by atoms with van der Waals surface area (Å²) in [6.07, 6.45) is 3.37. The minimum Gasteiger partial charge on any atom is -0.454 e. The van der Waals surface area contributed by atoms with E-state index in [4.69, 9.17) is 5.79 Å². The van der Waals surface area contributed by atoms with Crippen LogP contribution in [0, 0.1) is 6.92 Å². The first-order valence-corrected chi connectivity index (χ1v) is 8.72. The molecule has 0 N–H and O–H groups in total. The summed E-state index contributed by atoms with van der Waals surface area (Å²) < 4.78 is 14.8. The fourth-order valence-electron chi connectivity index (χ4n) is 3.72. The molecule has 1 aliphatic rings. The normalized spacial score (nSPS) is 15.0. The molecule has 0 radical (unpaired) electrons. The molecule has 0 amide bonds. The Bertz CT molecular complexity index is 1180.